The first-order chi connectivity index (χ1) is 7.99. The van der Waals surface area contributed by atoms with Crippen molar-refractivity contribution in [2.24, 2.45) is 0 Å². The molecule has 94 valence electrons. The fraction of sp³-hybridized carbons (Fsp3) is 0.462. The van der Waals surface area contributed by atoms with Crippen LogP contribution < -0.4 is 5.32 Å². The number of aliphatic hydroxyl groups is 1. The summed E-state index contributed by atoms with van der Waals surface area (Å²) in [6.07, 6.45) is 0.196. The molecule has 1 aromatic rings. The van der Waals surface area contributed by atoms with E-state index in [-0.39, 0.29) is 12.1 Å². The summed E-state index contributed by atoms with van der Waals surface area (Å²) in [5, 5.41) is 12.0. The first-order valence-corrected chi connectivity index (χ1v) is 5.76. The minimum atomic E-state index is -0.385. The average molecular weight is 236 g/mol. The van der Waals surface area contributed by atoms with Crippen molar-refractivity contribution in [2.75, 3.05) is 18.9 Å². The van der Waals surface area contributed by atoms with Crippen LogP contribution in [0.4, 0.5) is 10.5 Å². The molecule has 0 fully saturated rings. The predicted octanol–water partition coefficient (Wildman–Crippen LogP) is 2.23. The zero-order chi connectivity index (χ0) is 12.8. The molecule has 0 aliphatic rings. The lowest BCUT2D eigenvalue weighted by atomic mass is 10.2. The maximum absolute atomic E-state index is 11.8. The van der Waals surface area contributed by atoms with E-state index < -0.39 is 0 Å². The summed E-state index contributed by atoms with van der Waals surface area (Å²) in [7, 11) is 1.72. The number of carbonyl (C=O) groups excluding carboxylic acids is 1. The molecule has 0 aliphatic carbocycles. The van der Waals surface area contributed by atoms with Crippen molar-refractivity contribution in [3.05, 3.63) is 29.8 Å². The van der Waals surface area contributed by atoms with E-state index in [0.29, 0.717) is 13.0 Å². The van der Waals surface area contributed by atoms with Crippen LogP contribution in [0.5, 0.6) is 0 Å². The highest BCUT2D eigenvalue weighted by atomic mass is 16.3. The lowest BCUT2D eigenvalue weighted by molar-refractivity contribution is 0.167. The Morgan fingerprint density at radius 1 is 1.53 bits per heavy atom. The summed E-state index contributed by atoms with van der Waals surface area (Å²) in [5.74, 6) is 0. The SMILES string of the molecule is Cc1cccc(NC(=O)N(C)CCC(C)O)c1. The van der Waals surface area contributed by atoms with Crippen LogP contribution in [0.25, 0.3) is 0 Å². The Balaban J connectivity index is 2.48. The Labute approximate surface area is 102 Å². The molecule has 0 heterocycles. The molecule has 17 heavy (non-hydrogen) atoms. The van der Waals surface area contributed by atoms with E-state index in [1.807, 2.05) is 31.2 Å². The Bertz CT molecular complexity index is 377. The van der Waals surface area contributed by atoms with Gasteiger partial charge in [0.2, 0.25) is 0 Å². The zero-order valence-corrected chi connectivity index (χ0v) is 10.6. The highest BCUT2D eigenvalue weighted by Gasteiger charge is 2.09. The van der Waals surface area contributed by atoms with Gasteiger partial charge >= 0.3 is 6.03 Å². The number of urea groups is 1. The van der Waals surface area contributed by atoms with Gasteiger partial charge in [-0.3, -0.25) is 0 Å². The van der Waals surface area contributed by atoms with Crippen molar-refractivity contribution < 1.29 is 9.90 Å². The Morgan fingerprint density at radius 2 is 2.24 bits per heavy atom. The van der Waals surface area contributed by atoms with Crippen molar-refractivity contribution in [1.82, 2.24) is 4.90 Å². The predicted molar refractivity (Wildman–Crippen MR) is 69.1 cm³/mol. The minimum Gasteiger partial charge on any atom is -0.393 e. The number of benzene rings is 1. The molecule has 0 saturated carbocycles. The molecule has 4 heteroatoms. The fourth-order valence-electron chi connectivity index (χ4n) is 1.42. The number of hydrogen-bond donors (Lipinski definition) is 2. The first kappa shape index (κ1) is 13.5. The fourth-order valence-corrected chi connectivity index (χ4v) is 1.42. The number of amides is 2. The summed E-state index contributed by atoms with van der Waals surface area (Å²) < 4.78 is 0. The number of hydrogen-bond acceptors (Lipinski definition) is 2. The molecule has 0 aliphatic heterocycles. The van der Waals surface area contributed by atoms with Gasteiger partial charge in [-0.1, -0.05) is 12.1 Å². The van der Waals surface area contributed by atoms with Crippen molar-refractivity contribution in [3.8, 4) is 0 Å². The maximum Gasteiger partial charge on any atom is 0.321 e. The van der Waals surface area contributed by atoms with Crippen LogP contribution >= 0.6 is 0 Å². The van der Waals surface area contributed by atoms with Gasteiger partial charge in [-0.25, -0.2) is 4.79 Å². The number of nitrogens with one attached hydrogen (secondary N) is 1. The molecule has 0 saturated heterocycles. The van der Waals surface area contributed by atoms with E-state index in [0.717, 1.165) is 11.3 Å². The third kappa shape index (κ3) is 4.87. The highest BCUT2D eigenvalue weighted by molar-refractivity contribution is 5.89. The summed E-state index contributed by atoms with van der Waals surface area (Å²) in [6, 6.07) is 7.50. The van der Waals surface area contributed by atoms with Crippen LogP contribution in [0.15, 0.2) is 24.3 Å². The standard InChI is InChI=1S/C13H20N2O2/c1-10-5-4-6-12(9-10)14-13(17)15(3)8-7-11(2)16/h4-6,9,11,16H,7-8H2,1-3H3,(H,14,17). The number of nitrogens with zero attached hydrogens (tertiary/aromatic N) is 1. The lowest BCUT2D eigenvalue weighted by Crippen LogP contribution is -2.33. The van der Waals surface area contributed by atoms with E-state index in [9.17, 15) is 4.79 Å². The summed E-state index contributed by atoms with van der Waals surface area (Å²) >= 11 is 0. The topological polar surface area (TPSA) is 52.6 Å². The number of aliphatic hydroxyl groups excluding tert-OH is 1. The van der Waals surface area contributed by atoms with E-state index in [4.69, 9.17) is 5.11 Å². The third-order valence-electron chi connectivity index (χ3n) is 2.50. The molecular formula is C13H20N2O2. The van der Waals surface area contributed by atoms with Crippen LogP contribution in [-0.4, -0.2) is 35.7 Å². The highest BCUT2D eigenvalue weighted by Crippen LogP contribution is 2.10. The van der Waals surface area contributed by atoms with Gasteiger partial charge in [-0.2, -0.15) is 0 Å². The van der Waals surface area contributed by atoms with Gasteiger partial charge in [0, 0.05) is 19.3 Å². The molecule has 0 bridgehead atoms. The molecule has 0 radical (unpaired) electrons. The average Bonchev–Trinajstić information content (AvgIpc) is 2.25. The number of rotatable bonds is 4. The second-order valence-corrected chi connectivity index (χ2v) is 4.36. The van der Waals surface area contributed by atoms with Gasteiger partial charge in [0.05, 0.1) is 6.10 Å². The molecule has 1 atom stereocenters. The maximum atomic E-state index is 11.8. The van der Waals surface area contributed by atoms with Gasteiger partial charge in [0.15, 0.2) is 0 Å². The Kier molecular flexibility index (Phi) is 4.97. The lowest BCUT2D eigenvalue weighted by Gasteiger charge is -2.18. The summed E-state index contributed by atoms with van der Waals surface area (Å²) in [4.78, 5) is 13.3. The summed E-state index contributed by atoms with van der Waals surface area (Å²) in [6.45, 7) is 4.23. The quantitative estimate of drug-likeness (QED) is 0.842. The Morgan fingerprint density at radius 3 is 2.82 bits per heavy atom. The van der Waals surface area contributed by atoms with Gasteiger partial charge in [-0.15, -0.1) is 0 Å². The smallest absolute Gasteiger partial charge is 0.321 e. The van der Waals surface area contributed by atoms with E-state index in [1.54, 1.807) is 18.9 Å². The molecule has 2 amide bonds. The number of aryl methyl sites for hydroxylation is 1. The second kappa shape index (κ2) is 6.25. The molecule has 0 aromatic heterocycles. The minimum absolute atomic E-state index is 0.156. The third-order valence-corrected chi connectivity index (χ3v) is 2.50. The molecular weight excluding hydrogens is 216 g/mol. The Hall–Kier alpha value is -1.55. The monoisotopic (exact) mass is 236 g/mol. The van der Waals surface area contributed by atoms with Crippen molar-refractivity contribution in [1.29, 1.82) is 0 Å². The first-order valence-electron chi connectivity index (χ1n) is 5.76. The normalized spacial score (nSPS) is 12.0. The van der Waals surface area contributed by atoms with Crippen molar-refractivity contribution in [2.45, 2.75) is 26.4 Å². The van der Waals surface area contributed by atoms with E-state index in [2.05, 4.69) is 5.32 Å². The van der Waals surface area contributed by atoms with Crippen LogP contribution in [-0.2, 0) is 0 Å². The van der Waals surface area contributed by atoms with Crippen molar-refractivity contribution in [3.63, 3.8) is 0 Å². The molecule has 4 nitrogen and oxygen atoms in total. The zero-order valence-electron chi connectivity index (χ0n) is 10.6. The molecule has 1 rings (SSSR count). The van der Waals surface area contributed by atoms with Gasteiger partial charge < -0.3 is 15.3 Å². The van der Waals surface area contributed by atoms with E-state index in [1.165, 1.54) is 0 Å². The second-order valence-electron chi connectivity index (χ2n) is 4.36. The molecule has 1 aromatic carbocycles. The van der Waals surface area contributed by atoms with Crippen LogP contribution in [0, 0.1) is 6.92 Å². The van der Waals surface area contributed by atoms with Crippen LogP contribution in [0.3, 0.4) is 0 Å². The van der Waals surface area contributed by atoms with Crippen LogP contribution in [0.2, 0.25) is 0 Å². The van der Waals surface area contributed by atoms with E-state index >= 15 is 0 Å². The number of carbonyl (C=O) groups is 1. The largest absolute Gasteiger partial charge is 0.393 e. The number of anilines is 1. The molecule has 0 spiro atoms. The van der Waals surface area contributed by atoms with Gasteiger partial charge in [0.1, 0.15) is 0 Å². The van der Waals surface area contributed by atoms with Crippen LogP contribution in [0.1, 0.15) is 18.9 Å². The molecule has 1 unspecified atom stereocenters. The van der Waals surface area contributed by atoms with Crippen molar-refractivity contribution >= 4 is 11.7 Å². The summed E-state index contributed by atoms with van der Waals surface area (Å²) in [5.41, 5.74) is 1.90. The molecule has 2 N–H and O–H groups in total. The van der Waals surface area contributed by atoms with Gasteiger partial charge in [-0.05, 0) is 38.0 Å². The van der Waals surface area contributed by atoms with Gasteiger partial charge in [0.25, 0.3) is 0 Å².